The number of benzene rings is 1. The number of halogens is 2. The number of rotatable bonds is 7. The van der Waals surface area contributed by atoms with Gasteiger partial charge in [-0.05, 0) is 31.0 Å². The van der Waals surface area contributed by atoms with Gasteiger partial charge >= 0.3 is 18.0 Å². The van der Waals surface area contributed by atoms with Crippen LogP contribution in [-0.4, -0.2) is 37.2 Å². The van der Waals surface area contributed by atoms with Crippen LogP contribution in [0.5, 0.6) is 0 Å². The highest BCUT2D eigenvalue weighted by Gasteiger charge is 2.32. The molecular weight excluding hydrogens is 395 g/mol. The van der Waals surface area contributed by atoms with Crippen molar-refractivity contribution in [1.29, 1.82) is 0 Å². The molecule has 7 nitrogen and oxygen atoms in total. The van der Waals surface area contributed by atoms with Crippen LogP contribution in [0.3, 0.4) is 0 Å². The van der Waals surface area contributed by atoms with E-state index >= 15 is 0 Å². The molecule has 0 saturated carbocycles. The SMILES string of the molecule is CCOC(=O)C1=C(COC(=O)Cc2ccc(Cl)cc2Cl)NC(=O)N[C@H]1CC. The van der Waals surface area contributed by atoms with Gasteiger partial charge in [-0.3, -0.25) is 4.79 Å². The number of esters is 2. The average molecular weight is 415 g/mol. The molecule has 9 heteroatoms. The summed E-state index contributed by atoms with van der Waals surface area (Å²) in [7, 11) is 0. The van der Waals surface area contributed by atoms with E-state index < -0.39 is 24.0 Å². The summed E-state index contributed by atoms with van der Waals surface area (Å²) in [4.78, 5) is 36.2. The number of carbonyl (C=O) groups excluding carboxylic acids is 3. The third-order valence-electron chi connectivity index (χ3n) is 3.87. The van der Waals surface area contributed by atoms with Gasteiger partial charge in [0.2, 0.25) is 0 Å². The molecule has 0 aromatic heterocycles. The quantitative estimate of drug-likeness (QED) is 0.668. The summed E-state index contributed by atoms with van der Waals surface area (Å²) in [5.74, 6) is -1.13. The molecular formula is C18H20Cl2N2O5. The van der Waals surface area contributed by atoms with Crippen LogP contribution in [0.1, 0.15) is 25.8 Å². The third kappa shape index (κ3) is 5.61. The predicted octanol–water partition coefficient (Wildman–Crippen LogP) is 2.99. The Morgan fingerprint density at radius 2 is 1.93 bits per heavy atom. The molecule has 0 saturated heterocycles. The van der Waals surface area contributed by atoms with Crippen molar-refractivity contribution < 1.29 is 23.9 Å². The van der Waals surface area contributed by atoms with Gasteiger partial charge in [0.25, 0.3) is 0 Å². The lowest BCUT2D eigenvalue weighted by Gasteiger charge is -2.28. The van der Waals surface area contributed by atoms with Crippen LogP contribution in [-0.2, 0) is 25.5 Å². The highest BCUT2D eigenvalue weighted by Crippen LogP contribution is 2.22. The van der Waals surface area contributed by atoms with Gasteiger partial charge in [-0.1, -0.05) is 36.2 Å². The topological polar surface area (TPSA) is 93.7 Å². The first kappa shape index (κ1) is 21.1. The fourth-order valence-electron chi connectivity index (χ4n) is 2.60. The maximum absolute atomic E-state index is 12.3. The van der Waals surface area contributed by atoms with Crippen molar-refractivity contribution in [2.75, 3.05) is 13.2 Å². The van der Waals surface area contributed by atoms with Gasteiger partial charge < -0.3 is 20.1 Å². The highest BCUT2D eigenvalue weighted by molar-refractivity contribution is 6.35. The van der Waals surface area contributed by atoms with Gasteiger partial charge in [0, 0.05) is 10.0 Å². The normalized spacial score (nSPS) is 16.4. The molecule has 0 unspecified atom stereocenters. The molecule has 146 valence electrons. The van der Waals surface area contributed by atoms with Gasteiger partial charge in [-0.2, -0.15) is 0 Å². The van der Waals surface area contributed by atoms with Gasteiger partial charge in [0.1, 0.15) is 6.61 Å². The van der Waals surface area contributed by atoms with E-state index in [0.717, 1.165) is 0 Å². The average Bonchev–Trinajstić information content (AvgIpc) is 2.61. The minimum absolute atomic E-state index is 0.0680. The third-order valence-corrected chi connectivity index (χ3v) is 4.46. The Kier molecular flexibility index (Phi) is 7.50. The van der Waals surface area contributed by atoms with Crippen LogP contribution in [0.2, 0.25) is 10.0 Å². The zero-order valence-electron chi connectivity index (χ0n) is 14.9. The van der Waals surface area contributed by atoms with Crippen LogP contribution in [0.15, 0.2) is 29.5 Å². The minimum atomic E-state index is -0.566. The zero-order valence-corrected chi connectivity index (χ0v) is 16.4. The number of nitrogens with one attached hydrogen (secondary N) is 2. The van der Waals surface area contributed by atoms with E-state index in [1.807, 2.05) is 6.92 Å². The monoisotopic (exact) mass is 414 g/mol. The van der Waals surface area contributed by atoms with E-state index in [1.54, 1.807) is 19.1 Å². The fraction of sp³-hybridized carbons (Fsp3) is 0.389. The van der Waals surface area contributed by atoms with Gasteiger partial charge in [0.05, 0.1) is 30.3 Å². The summed E-state index contributed by atoms with van der Waals surface area (Å²) < 4.78 is 10.3. The minimum Gasteiger partial charge on any atom is -0.463 e. The molecule has 27 heavy (non-hydrogen) atoms. The maximum atomic E-state index is 12.3. The second-order valence-corrected chi connectivity index (χ2v) is 6.59. The molecule has 0 aliphatic carbocycles. The highest BCUT2D eigenvalue weighted by atomic mass is 35.5. The van der Waals surface area contributed by atoms with Crippen molar-refractivity contribution in [2.45, 2.75) is 32.7 Å². The summed E-state index contributed by atoms with van der Waals surface area (Å²) in [6.07, 6.45) is 0.417. The molecule has 1 aliphatic heterocycles. The van der Waals surface area contributed by atoms with Gasteiger partial charge in [0.15, 0.2) is 0 Å². The number of urea groups is 1. The lowest BCUT2D eigenvalue weighted by atomic mass is 10.0. The number of carbonyl (C=O) groups is 3. The summed E-state index contributed by atoms with van der Waals surface area (Å²) in [5, 5.41) is 5.98. The van der Waals surface area contributed by atoms with Crippen molar-refractivity contribution in [3.63, 3.8) is 0 Å². The Morgan fingerprint density at radius 1 is 1.19 bits per heavy atom. The van der Waals surface area contributed by atoms with Crippen molar-refractivity contribution in [3.8, 4) is 0 Å². The van der Waals surface area contributed by atoms with E-state index in [4.69, 9.17) is 32.7 Å². The van der Waals surface area contributed by atoms with E-state index in [-0.39, 0.29) is 30.9 Å². The Hall–Kier alpha value is -2.25. The molecule has 2 amide bonds. The first-order chi connectivity index (χ1) is 12.8. The van der Waals surface area contributed by atoms with Crippen molar-refractivity contribution in [2.24, 2.45) is 0 Å². The zero-order chi connectivity index (χ0) is 20.0. The number of ether oxygens (including phenoxy) is 2. The largest absolute Gasteiger partial charge is 0.463 e. The van der Waals surface area contributed by atoms with Gasteiger partial charge in [-0.15, -0.1) is 0 Å². The maximum Gasteiger partial charge on any atom is 0.338 e. The molecule has 1 heterocycles. The second-order valence-electron chi connectivity index (χ2n) is 5.75. The Labute approximate surface area is 167 Å². The van der Waals surface area contributed by atoms with E-state index in [1.165, 1.54) is 6.07 Å². The van der Waals surface area contributed by atoms with E-state index in [9.17, 15) is 14.4 Å². The predicted molar refractivity (Wildman–Crippen MR) is 101 cm³/mol. The molecule has 0 fully saturated rings. The standard InChI is InChI=1S/C18H20Cl2N2O5/c1-3-13-16(17(24)26-4-2)14(22-18(25)21-13)9-27-15(23)7-10-5-6-11(19)8-12(10)20/h5-6,8,13H,3-4,7,9H2,1-2H3,(H2,21,22,25)/t13-/m0/s1. The lowest BCUT2D eigenvalue weighted by molar-refractivity contribution is -0.143. The molecule has 1 aliphatic rings. The Morgan fingerprint density at radius 3 is 2.56 bits per heavy atom. The van der Waals surface area contributed by atoms with Crippen LogP contribution in [0.25, 0.3) is 0 Å². The molecule has 0 radical (unpaired) electrons. The lowest BCUT2D eigenvalue weighted by Crippen LogP contribution is -2.51. The summed E-state index contributed by atoms with van der Waals surface area (Å²) in [5.41, 5.74) is 1.02. The first-order valence-corrected chi connectivity index (χ1v) is 9.18. The molecule has 1 aromatic carbocycles. The first-order valence-electron chi connectivity index (χ1n) is 8.42. The molecule has 0 bridgehead atoms. The molecule has 2 N–H and O–H groups in total. The Balaban J connectivity index is 2.12. The number of hydrogen-bond donors (Lipinski definition) is 2. The van der Waals surface area contributed by atoms with E-state index in [2.05, 4.69) is 10.6 Å². The smallest absolute Gasteiger partial charge is 0.338 e. The van der Waals surface area contributed by atoms with E-state index in [0.29, 0.717) is 22.0 Å². The Bertz CT molecular complexity index is 779. The summed E-state index contributed by atoms with van der Waals surface area (Å²) >= 11 is 11.9. The molecule has 1 aromatic rings. The van der Waals surface area contributed by atoms with Crippen LogP contribution in [0.4, 0.5) is 4.79 Å². The summed E-state index contributed by atoms with van der Waals surface area (Å²) in [6.45, 7) is 3.43. The molecule has 2 rings (SSSR count). The van der Waals surface area contributed by atoms with Crippen LogP contribution in [0, 0.1) is 0 Å². The number of hydrogen-bond acceptors (Lipinski definition) is 5. The van der Waals surface area contributed by atoms with Gasteiger partial charge in [-0.25, -0.2) is 9.59 Å². The van der Waals surface area contributed by atoms with Crippen LogP contribution < -0.4 is 10.6 Å². The van der Waals surface area contributed by atoms with Crippen molar-refractivity contribution in [3.05, 3.63) is 45.1 Å². The fourth-order valence-corrected chi connectivity index (χ4v) is 3.08. The van der Waals surface area contributed by atoms with Crippen molar-refractivity contribution >= 4 is 41.2 Å². The summed E-state index contributed by atoms with van der Waals surface area (Å²) in [6, 6.07) is 3.80. The molecule has 1 atom stereocenters. The number of amides is 2. The van der Waals surface area contributed by atoms with Crippen molar-refractivity contribution in [1.82, 2.24) is 10.6 Å². The van der Waals surface area contributed by atoms with Crippen LogP contribution >= 0.6 is 23.2 Å². The molecule has 0 spiro atoms. The second kappa shape index (κ2) is 9.62.